The standard InChI is InChI=1S/C19H19NO6/c1-22-13-4-5-16-17(6-7-25-18(16)11-13)20-26-19(21)12-8-14(23-2)10-15(9-12)24-3/h4-5,8-11H,6-7H2,1-3H3. The Morgan fingerprint density at radius 2 is 1.65 bits per heavy atom. The maximum atomic E-state index is 12.3. The van der Waals surface area contributed by atoms with Gasteiger partial charge in [-0.2, -0.15) is 0 Å². The molecule has 7 heteroatoms. The van der Waals surface area contributed by atoms with E-state index in [1.54, 1.807) is 37.4 Å². The lowest BCUT2D eigenvalue weighted by atomic mass is 10.0. The van der Waals surface area contributed by atoms with E-state index in [4.69, 9.17) is 23.8 Å². The molecule has 0 aromatic heterocycles. The van der Waals surface area contributed by atoms with Gasteiger partial charge in [0, 0.05) is 24.1 Å². The number of benzene rings is 2. The molecule has 0 N–H and O–H groups in total. The van der Waals surface area contributed by atoms with Gasteiger partial charge in [0.2, 0.25) is 0 Å². The molecule has 7 nitrogen and oxygen atoms in total. The van der Waals surface area contributed by atoms with Gasteiger partial charge in [0.15, 0.2) is 0 Å². The molecule has 0 amide bonds. The topological polar surface area (TPSA) is 75.6 Å². The second kappa shape index (κ2) is 7.77. The van der Waals surface area contributed by atoms with Crippen molar-refractivity contribution in [2.24, 2.45) is 5.16 Å². The van der Waals surface area contributed by atoms with Crippen molar-refractivity contribution in [2.45, 2.75) is 6.42 Å². The van der Waals surface area contributed by atoms with Crippen molar-refractivity contribution in [3.05, 3.63) is 47.5 Å². The molecule has 3 rings (SSSR count). The van der Waals surface area contributed by atoms with Crippen LogP contribution in [0.25, 0.3) is 0 Å². The highest BCUT2D eigenvalue weighted by Gasteiger charge is 2.19. The van der Waals surface area contributed by atoms with Gasteiger partial charge in [0.25, 0.3) is 0 Å². The van der Waals surface area contributed by atoms with Crippen molar-refractivity contribution in [1.29, 1.82) is 0 Å². The van der Waals surface area contributed by atoms with Crippen molar-refractivity contribution >= 4 is 11.7 Å². The third kappa shape index (κ3) is 3.72. The Kier molecular flexibility index (Phi) is 5.26. The van der Waals surface area contributed by atoms with Crippen LogP contribution in [0, 0.1) is 0 Å². The van der Waals surface area contributed by atoms with Gasteiger partial charge in [-0.15, -0.1) is 0 Å². The predicted octanol–water partition coefficient (Wildman–Crippen LogP) is 3.06. The zero-order chi connectivity index (χ0) is 18.5. The first kappa shape index (κ1) is 17.6. The maximum absolute atomic E-state index is 12.3. The van der Waals surface area contributed by atoms with Gasteiger partial charge in [-0.3, -0.25) is 0 Å². The van der Waals surface area contributed by atoms with Crippen LogP contribution in [0.4, 0.5) is 0 Å². The van der Waals surface area contributed by atoms with Crippen LogP contribution in [0.15, 0.2) is 41.6 Å². The molecule has 0 saturated carbocycles. The van der Waals surface area contributed by atoms with Crippen LogP contribution in [0.1, 0.15) is 22.3 Å². The zero-order valence-corrected chi connectivity index (χ0v) is 14.8. The van der Waals surface area contributed by atoms with Crippen LogP contribution in [0.3, 0.4) is 0 Å². The molecule has 26 heavy (non-hydrogen) atoms. The summed E-state index contributed by atoms with van der Waals surface area (Å²) in [4.78, 5) is 17.5. The second-order valence-corrected chi connectivity index (χ2v) is 5.48. The number of carbonyl (C=O) groups is 1. The number of fused-ring (bicyclic) bond motifs is 1. The minimum Gasteiger partial charge on any atom is -0.497 e. The molecule has 0 saturated heterocycles. The van der Waals surface area contributed by atoms with Crippen LogP contribution >= 0.6 is 0 Å². The molecule has 2 aromatic rings. The van der Waals surface area contributed by atoms with E-state index in [0.717, 1.165) is 5.56 Å². The molecule has 1 aliphatic rings. The number of nitrogens with zero attached hydrogens (tertiary/aromatic N) is 1. The van der Waals surface area contributed by atoms with Crippen molar-refractivity contribution in [2.75, 3.05) is 27.9 Å². The van der Waals surface area contributed by atoms with Gasteiger partial charge < -0.3 is 23.8 Å². The van der Waals surface area contributed by atoms with E-state index >= 15 is 0 Å². The van der Waals surface area contributed by atoms with Crippen molar-refractivity contribution in [1.82, 2.24) is 0 Å². The summed E-state index contributed by atoms with van der Waals surface area (Å²) < 4.78 is 21.1. The molecule has 0 aliphatic carbocycles. The van der Waals surface area contributed by atoms with E-state index in [0.29, 0.717) is 41.7 Å². The highest BCUT2D eigenvalue weighted by molar-refractivity contribution is 6.04. The van der Waals surface area contributed by atoms with Gasteiger partial charge in [-0.25, -0.2) is 4.79 Å². The number of oxime groups is 1. The summed E-state index contributed by atoms with van der Waals surface area (Å²) in [5.74, 6) is 1.72. The molecule has 1 heterocycles. The fourth-order valence-electron chi connectivity index (χ4n) is 2.55. The van der Waals surface area contributed by atoms with Gasteiger partial charge in [0.05, 0.1) is 39.2 Å². The molecule has 0 bridgehead atoms. The quantitative estimate of drug-likeness (QED) is 0.605. The summed E-state index contributed by atoms with van der Waals surface area (Å²) in [7, 11) is 4.61. The Hall–Kier alpha value is -3.22. The summed E-state index contributed by atoms with van der Waals surface area (Å²) in [5.41, 5.74) is 1.69. The van der Waals surface area contributed by atoms with E-state index in [9.17, 15) is 4.79 Å². The molecule has 0 unspecified atom stereocenters. The SMILES string of the molecule is COc1cc(OC)cc(C(=O)ON=C2CCOc3cc(OC)ccc32)c1. The second-order valence-electron chi connectivity index (χ2n) is 5.48. The number of hydrogen-bond acceptors (Lipinski definition) is 7. The minimum atomic E-state index is -0.601. The highest BCUT2D eigenvalue weighted by atomic mass is 16.7. The van der Waals surface area contributed by atoms with E-state index in [1.807, 2.05) is 6.07 Å². The summed E-state index contributed by atoms with van der Waals surface area (Å²) in [6.45, 7) is 0.448. The lowest BCUT2D eigenvalue weighted by Gasteiger charge is -2.19. The number of carbonyl (C=O) groups excluding carboxylic acids is 1. The molecule has 0 fully saturated rings. The Morgan fingerprint density at radius 3 is 2.31 bits per heavy atom. The molecule has 136 valence electrons. The third-order valence-corrected chi connectivity index (χ3v) is 3.92. The first-order valence-corrected chi connectivity index (χ1v) is 7.97. The van der Waals surface area contributed by atoms with Crippen LogP contribution in [-0.2, 0) is 4.84 Å². The van der Waals surface area contributed by atoms with E-state index in [-0.39, 0.29) is 5.56 Å². The number of hydrogen-bond donors (Lipinski definition) is 0. The minimum absolute atomic E-state index is 0.285. The van der Waals surface area contributed by atoms with Crippen LogP contribution < -0.4 is 18.9 Å². The third-order valence-electron chi connectivity index (χ3n) is 3.92. The normalized spacial score (nSPS) is 14.2. The molecular formula is C19H19NO6. The van der Waals surface area contributed by atoms with Gasteiger partial charge in [-0.05, 0) is 24.3 Å². The van der Waals surface area contributed by atoms with Crippen molar-refractivity contribution in [3.8, 4) is 23.0 Å². The first-order chi connectivity index (χ1) is 12.6. The molecule has 2 aromatic carbocycles. The van der Waals surface area contributed by atoms with E-state index in [2.05, 4.69) is 5.16 Å². The monoisotopic (exact) mass is 357 g/mol. The number of rotatable bonds is 5. The molecular weight excluding hydrogens is 338 g/mol. The molecule has 0 atom stereocenters. The summed E-state index contributed by atoms with van der Waals surface area (Å²) >= 11 is 0. The zero-order valence-electron chi connectivity index (χ0n) is 14.8. The van der Waals surface area contributed by atoms with Gasteiger partial charge in [0.1, 0.15) is 23.0 Å². The molecule has 0 radical (unpaired) electrons. The maximum Gasteiger partial charge on any atom is 0.366 e. The lowest BCUT2D eigenvalue weighted by molar-refractivity contribution is 0.0513. The Morgan fingerprint density at radius 1 is 0.962 bits per heavy atom. The number of methoxy groups -OCH3 is 3. The Labute approximate surface area is 151 Å². The Bertz CT molecular complexity index is 824. The average molecular weight is 357 g/mol. The fourth-order valence-corrected chi connectivity index (χ4v) is 2.55. The van der Waals surface area contributed by atoms with E-state index < -0.39 is 5.97 Å². The lowest BCUT2D eigenvalue weighted by Crippen LogP contribution is -2.17. The molecule has 1 aliphatic heterocycles. The summed E-state index contributed by atoms with van der Waals surface area (Å²) in [6, 6.07) is 10.2. The van der Waals surface area contributed by atoms with Crippen LogP contribution in [0.5, 0.6) is 23.0 Å². The summed E-state index contributed by atoms with van der Waals surface area (Å²) in [6.07, 6.45) is 0.536. The fraction of sp³-hybridized carbons (Fsp3) is 0.263. The van der Waals surface area contributed by atoms with E-state index in [1.165, 1.54) is 14.2 Å². The van der Waals surface area contributed by atoms with Crippen molar-refractivity contribution in [3.63, 3.8) is 0 Å². The average Bonchev–Trinajstić information content (AvgIpc) is 2.70. The van der Waals surface area contributed by atoms with Crippen molar-refractivity contribution < 1.29 is 28.6 Å². The number of ether oxygens (including phenoxy) is 4. The largest absolute Gasteiger partial charge is 0.497 e. The van der Waals surface area contributed by atoms with Gasteiger partial charge in [-0.1, -0.05) is 5.16 Å². The van der Waals surface area contributed by atoms with Crippen LogP contribution in [0.2, 0.25) is 0 Å². The van der Waals surface area contributed by atoms with Crippen LogP contribution in [-0.4, -0.2) is 39.6 Å². The van der Waals surface area contributed by atoms with Gasteiger partial charge >= 0.3 is 5.97 Å². The highest BCUT2D eigenvalue weighted by Crippen LogP contribution is 2.29. The first-order valence-electron chi connectivity index (χ1n) is 7.97. The predicted molar refractivity (Wildman–Crippen MR) is 94.6 cm³/mol. The molecule has 0 spiro atoms. The Balaban J connectivity index is 1.82. The smallest absolute Gasteiger partial charge is 0.366 e. The summed E-state index contributed by atoms with van der Waals surface area (Å²) in [5, 5.41) is 4.03.